The number of aliphatic hydroxyl groups is 1. The standard InChI is InChI=1S/C16H23NO4/c1-12(21-15-5-3-14(20-2)4-6-15)16(19)17-9-7-13(11-18)8-10-17/h3-6,12-13,18H,7-11H2,1-2H3. The maximum atomic E-state index is 12.3. The second kappa shape index (κ2) is 7.31. The molecule has 1 aliphatic rings. The molecular weight excluding hydrogens is 270 g/mol. The maximum Gasteiger partial charge on any atom is 0.263 e. The summed E-state index contributed by atoms with van der Waals surface area (Å²) < 4.78 is 10.8. The highest BCUT2D eigenvalue weighted by Crippen LogP contribution is 2.20. The highest BCUT2D eigenvalue weighted by atomic mass is 16.5. The van der Waals surface area contributed by atoms with Gasteiger partial charge in [0.15, 0.2) is 6.10 Å². The topological polar surface area (TPSA) is 59.0 Å². The van der Waals surface area contributed by atoms with Crippen LogP contribution in [0.2, 0.25) is 0 Å². The third-order valence-electron chi connectivity index (χ3n) is 3.90. The molecule has 0 saturated carbocycles. The van der Waals surface area contributed by atoms with Crippen LogP contribution < -0.4 is 9.47 Å². The van der Waals surface area contributed by atoms with Gasteiger partial charge in [-0.3, -0.25) is 4.79 Å². The van der Waals surface area contributed by atoms with Crippen molar-refractivity contribution in [3.63, 3.8) is 0 Å². The van der Waals surface area contributed by atoms with E-state index in [0.29, 0.717) is 24.8 Å². The first-order valence-corrected chi connectivity index (χ1v) is 7.34. The zero-order chi connectivity index (χ0) is 15.2. The van der Waals surface area contributed by atoms with Crippen LogP contribution in [0.1, 0.15) is 19.8 Å². The molecule has 0 bridgehead atoms. The Bertz CT molecular complexity index is 452. The van der Waals surface area contributed by atoms with Crippen LogP contribution in [0, 0.1) is 5.92 Å². The van der Waals surface area contributed by atoms with Crippen molar-refractivity contribution in [1.29, 1.82) is 0 Å². The van der Waals surface area contributed by atoms with Gasteiger partial charge in [-0.25, -0.2) is 0 Å². The molecular formula is C16H23NO4. The van der Waals surface area contributed by atoms with E-state index < -0.39 is 6.10 Å². The third kappa shape index (κ3) is 4.11. The van der Waals surface area contributed by atoms with Gasteiger partial charge in [0.05, 0.1) is 7.11 Å². The second-order valence-electron chi connectivity index (χ2n) is 5.39. The van der Waals surface area contributed by atoms with Gasteiger partial charge in [-0.05, 0) is 49.9 Å². The largest absolute Gasteiger partial charge is 0.497 e. The van der Waals surface area contributed by atoms with Crippen molar-refractivity contribution in [1.82, 2.24) is 4.90 Å². The van der Waals surface area contributed by atoms with E-state index in [0.717, 1.165) is 18.6 Å². The van der Waals surface area contributed by atoms with Crippen LogP contribution in [-0.4, -0.2) is 48.8 Å². The minimum atomic E-state index is -0.510. The van der Waals surface area contributed by atoms with Gasteiger partial charge < -0.3 is 19.5 Å². The van der Waals surface area contributed by atoms with Crippen molar-refractivity contribution in [2.45, 2.75) is 25.9 Å². The summed E-state index contributed by atoms with van der Waals surface area (Å²) in [6, 6.07) is 7.19. The number of methoxy groups -OCH3 is 1. The summed E-state index contributed by atoms with van der Waals surface area (Å²) in [7, 11) is 1.61. The highest BCUT2D eigenvalue weighted by molar-refractivity contribution is 5.81. The molecule has 0 spiro atoms. The second-order valence-corrected chi connectivity index (χ2v) is 5.39. The molecule has 1 atom stereocenters. The highest BCUT2D eigenvalue weighted by Gasteiger charge is 2.26. The van der Waals surface area contributed by atoms with Gasteiger partial charge in [0.25, 0.3) is 5.91 Å². The lowest BCUT2D eigenvalue weighted by molar-refractivity contribution is -0.139. The summed E-state index contributed by atoms with van der Waals surface area (Å²) >= 11 is 0. The molecule has 116 valence electrons. The Balaban J connectivity index is 1.87. The van der Waals surface area contributed by atoms with E-state index in [1.807, 2.05) is 4.90 Å². The Morgan fingerprint density at radius 1 is 1.29 bits per heavy atom. The Kier molecular flexibility index (Phi) is 5.44. The van der Waals surface area contributed by atoms with Gasteiger partial charge in [-0.1, -0.05) is 0 Å². The van der Waals surface area contributed by atoms with E-state index >= 15 is 0 Å². The lowest BCUT2D eigenvalue weighted by Gasteiger charge is -2.32. The van der Waals surface area contributed by atoms with Gasteiger partial charge in [0.1, 0.15) is 11.5 Å². The maximum absolute atomic E-state index is 12.3. The summed E-state index contributed by atoms with van der Waals surface area (Å²) in [6.07, 6.45) is 1.21. The molecule has 5 heteroatoms. The number of carbonyl (C=O) groups is 1. The monoisotopic (exact) mass is 293 g/mol. The number of nitrogens with zero attached hydrogens (tertiary/aromatic N) is 1. The fourth-order valence-corrected chi connectivity index (χ4v) is 2.50. The molecule has 1 aromatic rings. The van der Waals surface area contributed by atoms with Crippen molar-refractivity contribution in [3.05, 3.63) is 24.3 Å². The fraction of sp³-hybridized carbons (Fsp3) is 0.562. The normalized spacial score (nSPS) is 17.4. The van der Waals surface area contributed by atoms with E-state index in [9.17, 15) is 4.79 Å². The number of aliphatic hydroxyl groups excluding tert-OH is 1. The first kappa shape index (κ1) is 15.6. The number of benzene rings is 1. The van der Waals surface area contributed by atoms with E-state index in [2.05, 4.69) is 0 Å². The quantitative estimate of drug-likeness (QED) is 0.897. The molecule has 1 aromatic carbocycles. The third-order valence-corrected chi connectivity index (χ3v) is 3.90. The summed E-state index contributed by atoms with van der Waals surface area (Å²) in [4.78, 5) is 14.2. The predicted molar refractivity (Wildman–Crippen MR) is 79.5 cm³/mol. The SMILES string of the molecule is COc1ccc(OC(C)C(=O)N2CCC(CO)CC2)cc1. The summed E-state index contributed by atoms with van der Waals surface area (Å²) in [5.41, 5.74) is 0. The summed E-state index contributed by atoms with van der Waals surface area (Å²) in [6.45, 7) is 3.37. The van der Waals surface area contributed by atoms with Crippen molar-refractivity contribution < 1.29 is 19.4 Å². The smallest absolute Gasteiger partial charge is 0.263 e. The van der Waals surface area contributed by atoms with E-state index in [-0.39, 0.29) is 12.5 Å². The zero-order valence-corrected chi connectivity index (χ0v) is 12.6. The van der Waals surface area contributed by atoms with Crippen molar-refractivity contribution in [3.8, 4) is 11.5 Å². The number of rotatable bonds is 5. The first-order valence-electron chi connectivity index (χ1n) is 7.34. The molecule has 2 rings (SSSR count). The van der Waals surface area contributed by atoms with Crippen LogP contribution in [0.25, 0.3) is 0 Å². The molecule has 1 N–H and O–H groups in total. The van der Waals surface area contributed by atoms with Gasteiger partial charge in [-0.15, -0.1) is 0 Å². The summed E-state index contributed by atoms with van der Waals surface area (Å²) in [5.74, 6) is 1.74. The van der Waals surface area contributed by atoms with Crippen LogP contribution >= 0.6 is 0 Å². The predicted octanol–water partition coefficient (Wildman–Crippen LogP) is 1.69. The van der Waals surface area contributed by atoms with Crippen LogP contribution in [0.5, 0.6) is 11.5 Å². The number of piperidine rings is 1. The first-order chi connectivity index (χ1) is 10.1. The number of likely N-dealkylation sites (tertiary alicyclic amines) is 1. The molecule has 0 aromatic heterocycles. The number of ether oxygens (including phenoxy) is 2. The zero-order valence-electron chi connectivity index (χ0n) is 12.6. The molecule has 0 aliphatic carbocycles. The van der Waals surface area contributed by atoms with E-state index in [1.165, 1.54) is 0 Å². The molecule has 5 nitrogen and oxygen atoms in total. The van der Waals surface area contributed by atoms with Gasteiger partial charge in [-0.2, -0.15) is 0 Å². The summed E-state index contributed by atoms with van der Waals surface area (Å²) in [5, 5.41) is 9.12. The lowest BCUT2D eigenvalue weighted by atomic mass is 9.97. The van der Waals surface area contributed by atoms with E-state index in [4.69, 9.17) is 14.6 Å². The van der Waals surface area contributed by atoms with Crippen molar-refractivity contribution in [2.24, 2.45) is 5.92 Å². The van der Waals surface area contributed by atoms with Crippen LogP contribution in [0.4, 0.5) is 0 Å². The van der Waals surface area contributed by atoms with Crippen molar-refractivity contribution >= 4 is 5.91 Å². The Morgan fingerprint density at radius 2 is 1.86 bits per heavy atom. The molecule has 0 radical (unpaired) electrons. The lowest BCUT2D eigenvalue weighted by Crippen LogP contribution is -2.45. The minimum Gasteiger partial charge on any atom is -0.497 e. The molecule has 1 amide bonds. The molecule has 1 saturated heterocycles. The molecule has 1 unspecified atom stereocenters. The van der Waals surface area contributed by atoms with Crippen LogP contribution in [-0.2, 0) is 4.79 Å². The average Bonchev–Trinajstić information content (AvgIpc) is 2.55. The molecule has 21 heavy (non-hydrogen) atoms. The Hall–Kier alpha value is -1.75. The fourth-order valence-electron chi connectivity index (χ4n) is 2.50. The molecule has 1 aliphatic heterocycles. The van der Waals surface area contributed by atoms with E-state index in [1.54, 1.807) is 38.3 Å². The number of carbonyl (C=O) groups excluding carboxylic acids is 1. The van der Waals surface area contributed by atoms with Crippen molar-refractivity contribution in [2.75, 3.05) is 26.8 Å². The average molecular weight is 293 g/mol. The Labute approximate surface area is 125 Å². The van der Waals surface area contributed by atoms with Gasteiger partial charge in [0.2, 0.25) is 0 Å². The molecule has 1 heterocycles. The van der Waals surface area contributed by atoms with Crippen LogP contribution in [0.15, 0.2) is 24.3 Å². The molecule has 1 fully saturated rings. The van der Waals surface area contributed by atoms with Gasteiger partial charge >= 0.3 is 0 Å². The number of hydrogen-bond donors (Lipinski definition) is 1. The number of amides is 1. The number of hydrogen-bond acceptors (Lipinski definition) is 4. The Morgan fingerprint density at radius 3 is 2.38 bits per heavy atom. The van der Waals surface area contributed by atoms with Gasteiger partial charge in [0, 0.05) is 19.7 Å². The van der Waals surface area contributed by atoms with Crippen LogP contribution in [0.3, 0.4) is 0 Å². The minimum absolute atomic E-state index is 0.00204.